The van der Waals surface area contributed by atoms with E-state index >= 15 is 0 Å². The Balaban J connectivity index is 1.25. The third kappa shape index (κ3) is 5.45. The molecular weight excluding hydrogens is 468 g/mol. The van der Waals surface area contributed by atoms with Crippen molar-refractivity contribution in [3.8, 4) is 22.6 Å². The van der Waals surface area contributed by atoms with E-state index in [1.807, 2.05) is 78.9 Å². The monoisotopic (exact) mass is 490 g/mol. The van der Waals surface area contributed by atoms with Gasteiger partial charge in [-0.2, -0.15) is 0 Å². The lowest BCUT2D eigenvalue weighted by Gasteiger charge is -2.06. The van der Waals surface area contributed by atoms with Gasteiger partial charge in [0, 0.05) is 27.9 Å². The number of nitrogens with one attached hydrogen (secondary N) is 1. The number of anilines is 1. The first-order valence-corrected chi connectivity index (χ1v) is 12.4. The van der Waals surface area contributed by atoms with Gasteiger partial charge in [0.2, 0.25) is 5.91 Å². The van der Waals surface area contributed by atoms with Crippen molar-refractivity contribution in [3.05, 3.63) is 126 Å². The van der Waals surface area contributed by atoms with Gasteiger partial charge in [-0.3, -0.25) is 9.59 Å². The van der Waals surface area contributed by atoms with Gasteiger partial charge in [-0.05, 0) is 24.3 Å². The van der Waals surface area contributed by atoms with Gasteiger partial charge < -0.3 is 9.73 Å². The van der Waals surface area contributed by atoms with Crippen molar-refractivity contribution < 1.29 is 14.0 Å². The molecule has 1 aromatic heterocycles. The van der Waals surface area contributed by atoms with E-state index in [4.69, 9.17) is 4.42 Å². The third-order valence-corrected chi connectivity index (χ3v) is 6.31. The molecule has 0 radical (unpaired) electrons. The average Bonchev–Trinajstić information content (AvgIpc) is 3.38. The van der Waals surface area contributed by atoms with Crippen molar-refractivity contribution in [2.24, 2.45) is 0 Å². The molecule has 0 unspecified atom stereocenters. The van der Waals surface area contributed by atoms with Crippen LogP contribution >= 0.6 is 11.8 Å². The smallest absolute Gasteiger partial charge is 0.257 e. The fourth-order valence-corrected chi connectivity index (χ4v) is 4.35. The highest BCUT2D eigenvalue weighted by atomic mass is 32.2. The number of thioether (sulfide) groups is 1. The lowest BCUT2D eigenvalue weighted by Crippen LogP contribution is -2.14. The minimum Gasteiger partial charge on any atom is -0.431 e. The van der Waals surface area contributed by atoms with Gasteiger partial charge in [-0.15, -0.1) is 0 Å². The molecular formula is C30H22N2O3S. The summed E-state index contributed by atoms with van der Waals surface area (Å²) in [5.74, 6) is 0.552. The molecule has 1 N–H and O–H groups in total. The lowest BCUT2D eigenvalue weighted by molar-refractivity contribution is -0.113. The molecule has 36 heavy (non-hydrogen) atoms. The minimum absolute atomic E-state index is 0.0589. The largest absolute Gasteiger partial charge is 0.431 e. The maximum Gasteiger partial charge on any atom is 0.257 e. The van der Waals surface area contributed by atoms with E-state index in [0.29, 0.717) is 27.8 Å². The van der Waals surface area contributed by atoms with E-state index in [0.717, 1.165) is 16.8 Å². The molecule has 4 aromatic carbocycles. The van der Waals surface area contributed by atoms with Crippen LogP contribution < -0.4 is 5.32 Å². The van der Waals surface area contributed by atoms with Gasteiger partial charge in [-0.1, -0.05) is 103 Å². The van der Waals surface area contributed by atoms with E-state index in [2.05, 4.69) is 10.3 Å². The molecule has 1 amide bonds. The summed E-state index contributed by atoms with van der Waals surface area (Å²) in [6.45, 7) is 0. The van der Waals surface area contributed by atoms with Crippen LogP contribution in [0.1, 0.15) is 15.9 Å². The van der Waals surface area contributed by atoms with Crippen LogP contribution in [0, 0.1) is 0 Å². The van der Waals surface area contributed by atoms with E-state index < -0.39 is 0 Å². The van der Waals surface area contributed by atoms with Crippen molar-refractivity contribution in [1.29, 1.82) is 0 Å². The Morgan fingerprint density at radius 1 is 0.694 bits per heavy atom. The van der Waals surface area contributed by atoms with Gasteiger partial charge in [0.1, 0.15) is 5.69 Å². The molecule has 0 saturated carbocycles. The molecule has 5 rings (SSSR count). The molecule has 0 aliphatic rings. The molecule has 5 nitrogen and oxygen atoms in total. The number of nitrogens with zero attached hydrogens (tertiary/aromatic N) is 1. The van der Waals surface area contributed by atoms with Crippen molar-refractivity contribution in [2.75, 3.05) is 11.1 Å². The van der Waals surface area contributed by atoms with Crippen LogP contribution in [0.15, 0.2) is 125 Å². The zero-order valence-electron chi connectivity index (χ0n) is 19.3. The van der Waals surface area contributed by atoms with E-state index in [1.54, 1.807) is 36.4 Å². The third-order valence-electron chi connectivity index (χ3n) is 5.48. The fourth-order valence-electron chi connectivity index (χ4n) is 3.72. The normalized spacial score (nSPS) is 10.7. The number of carbonyl (C=O) groups excluding carboxylic acids is 2. The summed E-state index contributed by atoms with van der Waals surface area (Å²) in [4.78, 5) is 29.8. The second-order valence-corrected chi connectivity index (χ2v) is 8.93. The first kappa shape index (κ1) is 23.3. The fraction of sp³-hybridized carbons (Fsp3) is 0.0333. The second-order valence-electron chi connectivity index (χ2n) is 8.00. The Bertz CT molecular complexity index is 1410. The Kier molecular flexibility index (Phi) is 7.05. The highest BCUT2D eigenvalue weighted by Crippen LogP contribution is 2.35. The zero-order chi connectivity index (χ0) is 24.7. The summed E-state index contributed by atoms with van der Waals surface area (Å²) in [6, 6.07) is 35.6. The predicted octanol–water partition coefficient (Wildman–Crippen LogP) is 6.97. The zero-order valence-corrected chi connectivity index (χ0v) is 20.1. The van der Waals surface area contributed by atoms with Gasteiger partial charge in [0.25, 0.3) is 5.22 Å². The molecule has 5 aromatic rings. The van der Waals surface area contributed by atoms with Crippen LogP contribution in [0.25, 0.3) is 22.6 Å². The predicted molar refractivity (Wildman–Crippen MR) is 143 cm³/mol. The standard InChI is InChI=1S/C30H22N2O3S/c33-26(31-25-18-16-23(17-19-25)28(34)22-12-6-2-7-13-22)20-36-30-32-27(21-10-4-1-5-11-21)29(35-30)24-14-8-3-9-15-24/h1-19H,20H2,(H,31,33). The number of hydrogen-bond donors (Lipinski definition) is 1. The van der Waals surface area contributed by atoms with Crippen molar-refractivity contribution in [3.63, 3.8) is 0 Å². The lowest BCUT2D eigenvalue weighted by atomic mass is 10.0. The van der Waals surface area contributed by atoms with Crippen molar-refractivity contribution in [2.45, 2.75) is 5.22 Å². The highest BCUT2D eigenvalue weighted by Gasteiger charge is 2.18. The van der Waals surface area contributed by atoms with Crippen LogP contribution in [0.5, 0.6) is 0 Å². The molecule has 6 heteroatoms. The molecule has 176 valence electrons. The summed E-state index contributed by atoms with van der Waals surface area (Å²) in [5, 5.41) is 3.29. The highest BCUT2D eigenvalue weighted by molar-refractivity contribution is 7.99. The van der Waals surface area contributed by atoms with E-state index in [9.17, 15) is 9.59 Å². The molecule has 1 heterocycles. The number of carbonyl (C=O) groups is 2. The van der Waals surface area contributed by atoms with Crippen LogP contribution in [0.4, 0.5) is 5.69 Å². The minimum atomic E-state index is -0.192. The average molecular weight is 491 g/mol. The summed E-state index contributed by atoms with van der Waals surface area (Å²) in [6.07, 6.45) is 0. The number of ketones is 1. The van der Waals surface area contributed by atoms with Crippen molar-refractivity contribution >= 4 is 29.1 Å². The number of aromatic nitrogens is 1. The second kappa shape index (κ2) is 10.9. The van der Waals surface area contributed by atoms with Crippen LogP contribution in [0.3, 0.4) is 0 Å². The first-order chi connectivity index (χ1) is 17.7. The quantitative estimate of drug-likeness (QED) is 0.188. The summed E-state index contributed by atoms with van der Waals surface area (Å²) >= 11 is 1.23. The maximum atomic E-state index is 12.6. The number of oxazole rings is 1. The van der Waals surface area contributed by atoms with Gasteiger partial charge >= 0.3 is 0 Å². The van der Waals surface area contributed by atoms with Gasteiger partial charge in [0.15, 0.2) is 11.5 Å². The Labute approximate surface area is 213 Å². The molecule has 0 bridgehead atoms. The summed E-state index contributed by atoms with van der Waals surface area (Å²) < 4.78 is 6.07. The van der Waals surface area contributed by atoms with Crippen LogP contribution in [0.2, 0.25) is 0 Å². The SMILES string of the molecule is O=C(CSc1nc(-c2ccccc2)c(-c2ccccc2)o1)Nc1ccc(C(=O)c2ccccc2)cc1. The van der Waals surface area contributed by atoms with Crippen LogP contribution in [-0.4, -0.2) is 22.4 Å². The Morgan fingerprint density at radius 2 is 1.25 bits per heavy atom. The van der Waals surface area contributed by atoms with Crippen molar-refractivity contribution in [1.82, 2.24) is 4.98 Å². The molecule has 0 atom stereocenters. The summed E-state index contributed by atoms with van der Waals surface area (Å²) in [5.41, 5.74) is 4.42. The summed E-state index contributed by atoms with van der Waals surface area (Å²) in [7, 11) is 0. The molecule has 0 aliphatic carbocycles. The number of rotatable bonds is 8. The Hall–Kier alpha value is -4.42. The molecule has 0 aliphatic heterocycles. The number of amides is 1. The van der Waals surface area contributed by atoms with E-state index in [1.165, 1.54) is 11.8 Å². The Morgan fingerprint density at radius 3 is 1.89 bits per heavy atom. The first-order valence-electron chi connectivity index (χ1n) is 11.4. The number of hydrogen-bond acceptors (Lipinski definition) is 5. The van der Waals surface area contributed by atoms with Gasteiger partial charge in [0.05, 0.1) is 5.75 Å². The topological polar surface area (TPSA) is 72.2 Å². The van der Waals surface area contributed by atoms with Crippen LogP contribution in [-0.2, 0) is 4.79 Å². The maximum absolute atomic E-state index is 12.6. The van der Waals surface area contributed by atoms with E-state index in [-0.39, 0.29) is 17.4 Å². The molecule has 0 saturated heterocycles. The van der Waals surface area contributed by atoms with Gasteiger partial charge in [-0.25, -0.2) is 4.98 Å². The molecule has 0 spiro atoms. The molecule has 0 fully saturated rings. The number of benzene rings is 4.